The maximum atomic E-state index is 11.2. The molecule has 0 amide bonds. The van der Waals surface area contributed by atoms with Crippen LogP contribution in [-0.2, 0) is 4.79 Å². The average molecular weight is 336 g/mol. The van der Waals surface area contributed by atoms with Gasteiger partial charge >= 0.3 is 5.97 Å². The van der Waals surface area contributed by atoms with E-state index in [9.17, 15) is 4.79 Å². The average Bonchev–Trinajstić information content (AvgIpc) is 2.56. The van der Waals surface area contributed by atoms with Gasteiger partial charge in [-0.3, -0.25) is 0 Å². The SMILES string of the molecule is CSC1(C(=O)O)Nc2ccc(I)cc2N1. The smallest absolute Gasteiger partial charge is 0.361 e. The van der Waals surface area contributed by atoms with Crippen LogP contribution in [0.4, 0.5) is 11.4 Å². The van der Waals surface area contributed by atoms with E-state index < -0.39 is 11.0 Å². The summed E-state index contributed by atoms with van der Waals surface area (Å²) in [5, 5.41) is 15.1. The molecule has 0 radical (unpaired) electrons. The first-order chi connectivity index (χ1) is 7.07. The number of aliphatic carboxylic acids is 1. The number of carboxylic acid groups (broad SMARTS) is 1. The molecular weight excluding hydrogens is 327 g/mol. The number of halogens is 1. The summed E-state index contributed by atoms with van der Waals surface area (Å²) in [6.07, 6.45) is 1.75. The van der Waals surface area contributed by atoms with Crippen LogP contribution in [0.3, 0.4) is 0 Å². The second-order valence-electron chi connectivity index (χ2n) is 3.13. The molecule has 0 fully saturated rings. The van der Waals surface area contributed by atoms with Crippen molar-refractivity contribution in [3.63, 3.8) is 0 Å². The van der Waals surface area contributed by atoms with Crippen LogP contribution in [0.2, 0.25) is 0 Å². The van der Waals surface area contributed by atoms with Crippen LogP contribution in [0, 0.1) is 3.57 Å². The third kappa shape index (κ3) is 1.76. The predicted octanol–water partition coefficient (Wildman–Crippen LogP) is 2.23. The number of nitrogens with one attached hydrogen (secondary N) is 2. The summed E-state index contributed by atoms with van der Waals surface area (Å²) in [5.74, 6) is -0.916. The molecule has 1 aromatic rings. The van der Waals surface area contributed by atoms with Crippen molar-refractivity contribution in [2.45, 2.75) is 4.99 Å². The van der Waals surface area contributed by atoms with Crippen LogP contribution in [0.5, 0.6) is 0 Å². The molecule has 4 nitrogen and oxygen atoms in total. The van der Waals surface area contributed by atoms with Gasteiger partial charge in [0, 0.05) is 3.57 Å². The van der Waals surface area contributed by atoms with E-state index in [1.807, 2.05) is 18.2 Å². The quantitative estimate of drug-likeness (QED) is 0.723. The zero-order valence-electron chi connectivity index (χ0n) is 7.87. The van der Waals surface area contributed by atoms with E-state index in [2.05, 4.69) is 33.2 Å². The van der Waals surface area contributed by atoms with E-state index in [0.717, 1.165) is 14.9 Å². The lowest BCUT2D eigenvalue weighted by molar-refractivity contribution is -0.138. The Kier molecular flexibility index (Phi) is 2.72. The molecule has 1 aromatic carbocycles. The molecule has 0 spiro atoms. The summed E-state index contributed by atoms with van der Waals surface area (Å²) < 4.78 is 1.07. The number of carboxylic acids is 1. The molecule has 0 aromatic heterocycles. The topological polar surface area (TPSA) is 61.4 Å². The van der Waals surface area contributed by atoms with Crippen LogP contribution in [0.25, 0.3) is 0 Å². The second kappa shape index (κ2) is 3.75. The minimum Gasteiger partial charge on any atom is -0.477 e. The van der Waals surface area contributed by atoms with Crippen molar-refractivity contribution in [1.29, 1.82) is 0 Å². The largest absolute Gasteiger partial charge is 0.477 e. The van der Waals surface area contributed by atoms with Gasteiger partial charge in [-0.05, 0) is 47.0 Å². The summed E-state index contributed by atoms with van der Waals surface area (Å²) in [4.78, 5) is 10.0. The van der Waals surface area contributed by atoms with Gasteiger partial charge < -0.3 is 15.7 Å². The number of thioether (sulfide) groups is 1. The molecule has 15 heavy (non-hydrogen) atoms. The number of rotatable bonds is 2. The van der Waals surface area contributed by atoms with Gasteiger partial charge in [0.1, 0.15) is 0 Å². The molecule has 1 atom stereocenters. The third-order valence-electron chi connectivity index (χ3n) is 2.21. The maximum Gasteiger partial charge on any atom is 0.361 e. The first kappa shape index (κ1) is 10.9. The Bertz CT molecular complexity index is 427. The molecule has 1 aliphatic rings. The van der Waals surface area contributed by atoms with Gasteiger partial charge in [-0.1, -0.05) is 0 Å². The molecule has 1 unspecified atom stereocenters. The first-order valence-electron chi connectivity index (χ1n) is 4.22. The molecule has 2 rings (SSSR count). The highest BCUT2D eigenvalue weighted by Crippen LogP contribution is 2.39. The van der Waals surface area contributed by atoms with Gasteiger partial charge in [-0.15, -0.1) is 11.8 Å². The molecule has 0 aliphatic carbocycles. The van der Waals surface area contributed by atoms with Crippen LogP contribution < -0.4 is 10.6 Å². The van der Waals surface area contributed by atoms with E-state index in [1.54, 1.807) is 6.26 Å². The van der Waals surface area contributed by atoms with E-state index >= 15 is 0 Å². The fraction of sp³-hybridized carbons (Fsp3) is 0.222. The summed E-state index contributed by atoms with van der Waals surface area (Å²) in [6, 6.07) is 5.74. The van der Waals surface area contributed by atoms with Gasteiger partial charge in [0.05, 0.1) is 11.4 Å². The summed E-state index contributed by atoms with van der Waals surface area (Å²) in [6.45, 7) is 0. The number of anilines is 2. The van der Waals surface area contributed by atoms with Crippen molar-refractivity contribution in [3.8, 4) is 0 Å². The van der Waals surface area contributed by atoms with E-state index in [1.165, 1.54) is 11.8 Å². The summed E-state index contributed by atoms with van der Waals surface area (Å²) in [5.41, 5.74) is 1.66. The molecule has 1 heterocycles. The van der Waals surface area contributed by atoms with Crippen LogP contribution in [0.15, 0.2) is 18.2 Å². The molecule has 0 saturated heterocycles. The minimum absolute atomic E-state index is 0.826. The van der Waals surface area contributed by atoms with Gasteiger partial charge in [-0.25, -0.2) is 4.79 Å². The van der Waals surface area contributed by atoms with E-state index in [4.69, 9.17) is 5.11 Å². The number of benzene rings is 1. The van der Waals surface area contributed by atoms with Gasteiger partial charge in [0.15, 0.2) is 0 Å². The Morgan fingerprint density at radius 3 is 2.73 bits per heavy atom. The Morgan fingerprint density at radius 1 is 1.47 bits per heavy atom. The van der Waals surface area contributed by atoms with Crippen LogP contribution >= 0.6 is 34.4 Å². The number of carbonyl (C=O) groups is 1. The van der Waals surface area contributed by atoms with Gasteiger partial charge in [0.2, 0.25) is 0 Å². The van der Waals surface area contributed by atoms with Crippen LogP contribution in [0.1, 0.15) is 0 Å². The lowest BCUT2D eigenvalue weighted by Crippen LogP contribution is -2.46. The first-order valence-corrected chi connectivity index (χ1v) is 6.52. The van der Waals surface area contributed by atoms with Gasteiger partial charge in [0.25, 0.3) is 4.99 Å². The van der Waals surface area contributed by atoms with Crippen molar-refractivity contribution in [2.75, 3.05) is 16.9 Å². The normalized spacial score (nSPS) is 22.8. The van der Waals surface area contributed by atoms with Crippen molar-refractivity contribution in [1.82, 2.24) is 0 Å². The fourth-order valence-electron chi connectivity index (χ4n) is 1.44. The highest BCUT2D eigenvalue weighted by atomic mass is 127. The Hall–Kier alpha value is -0.630. The molecule has 6 heteroatoms. The predicted molar refractivity (Wildman–Crippen MR) is 70.3 cm³/mol. The maximum absolute atomic E-state index is 11.2. The molecule has 0 saturated carbocycles. The molecule has 1 aliphatic heterocycles. The molecule has 3 N–H and O–H groups in total. The number of fused-ring (bicyclic) bond motifs is 1. The second-order valence-corrected chi connectivity index (χ2v) is 5.40. The van der Waals surface area contributed by atoms with Crippen molar-refractivity contribution in [2.24, 2.45) is 0 Å². The zero-order valence-corrected chi connectivity index (χ0v) is 10.8. The van der Waals surface area contributed by atoms with Crippen molar-refractivity contribution < 1.29 is 9.90 Å². The zero-order chi connectivity index (χ0) is 11.1. The van der Waals surface area contributed by atoms with Crippen molar-refractivity contribution >= 4 is 51.7 Å². The summed E-state index contributed by atoms with van der Waals surface area (Å²) >= 11 is 3.42. The monoisotopic (exact) mass is 336 g/mol. The number of hydrogen-bond acceptors (Lipinski definition) is 4. The molecule has 80 valence electrons. The standard InChI is InChI=1S/C9H9IN2O2S/c1-15-9(8(13)14)11-6-3-2-5(10)4-7(6)12-9/h2-4,11-12H,1H3,(H,13,14). The lowest BCUT2D eigenvalue weighted by atomic mass is 10.3. The van der Waals surface area contributed by atoms with E-state index in [-0.39, 0.29) is 0 Å². The third-order valence-corrected chi connectivity index (χ3v) is 3.87. The lowest BCUT2D eigenvalue weighted by Gasteiger charge is -2.22. The van der Waals surface area contributed by atoms with Crippen LogP contribution in [-0.4, -0.2) is 22.3 Å². The highest BCUT2D eigenvalue weighted by molar-refractivity contribution is 14.1. The van der Waals surface area contributed by atoms with Gasteiger partial charge in [-0.2, -0.15) is 0 Å². The van der Waals surface area contributed by atoms with E-state index in [0.29, 0.717) is 0 Å². The Labute approximate surface area is 105 Å². The highest BCUT2D eigenvalue weighted by Gasteiger charge is 2.43. The number of hydrogen-bond donors (Lipinski definition) is 3. The molecule has 0 bridgehead atoms. The Balaban J connectivity index is 2.39. The molecular formula is C9H9IN2O2S. The summed E-state index contributed by atoms with van der Waals surface area (Å²) in [7, 11) is 0. The van der Waals surface area contributed by atoms with Crippen molar-refractivity contribution in [3.05, 3.63) is 21.8 Å². The fourth-order valence-corrected chi connectivity index (χ4v) is 2.53. The Morgan fingerprint density at radius 2 is 2.13 bits per heavy atom. The minimum atomic E-state index is -1.13.